The first-order chi connectivity index (χ1) is 15.4. The van der Waals surface area contributed by atoms with Crippen molar-refractivity contribution in [3.63, 3.8) is 0 Å². The number of nitrogens with zero attached hydrogens (tertiary/aromatic N) is 3. The maximum absolute atomic E-state index is 13.5. The number of hydrogen-bond donors (Lipinski definition) is 1. The molecule has 2 aromatic rings. The molecule has 0 fully saturated rings. The number of hydrogen-bond acceptors (Lipinski definition) is 6. The minimum atomic E-state index is -0.542. The fourth-order valence-electron chi connectivity index (χ4n) is 3.56. The van der Waals surface area contributed by atoms with Crippen LogP contribution in [0.3, 0.4) is 0 Å². The molecule has 2 aromatic carbocycles. The number of amidine groups is 1. The molecule has 0 saturated heterocycles. The van der Waals surface area contributed by atoms with Gasteiger partial charge < -0.3 is 20.4 Å². The van der Waals surface area contributed by atoms with Gasteiger partial charge >= 0.3 is 5.97 Å². The topological polar surface area (TPSA) is 88.2 Å². The van der Waals surface area contributed by atoms with E-state index in [-0.39, 0.29) is 17.0 Å². The van der Waals surface area contributed by atoms with Crippen LogP contribution in [0.25, 0.3) is 0 Å². The number of anilines is 1. The summed E-state index contributed by atoms with van der Waals surface area (Å²) in [5.74, 6) is -0.387. The lowest BCUT2D eigenvalue weighted by Gasteiger charge is -2.34. The van der Waals surface area contributed by atoms with Crippen LogP contribution in [0.4, 0.5) is 5.69 Å². The van der Waals surface area contributed by atoms with Crippen molar-refractivity contribution in [1.29, 1.82) is 0 Å². The molecule has 0 spiro atoms. The number of unbranched alkanes of at least 4 members (excludes halogenated alkanes) is 2. The Morgan fingerprint density at radius 3 is 2.69 bits per heavy atom. The minimum absolute atomic E-state index is 0.0638. The normalized spacial score (nSPS) is 16.2. The van der Waals surface area contributed by atoms with E-state index in [0.29, 0.717) is 12.1 Å². The summed E-state index contributed by atoms with van der Waals surface area (Å²) in [5.41, 5.74) is 8.38. The van der Waals surface area contributed by atoms with E-state index >= 15 is 0 Å². The Bertz CT molecular complexity index is 993. The monoisotopic (exact) mass is 454 g/mol. The van der Waals surface area contributed by atoms with Crippen LogP contribution in [0, 0.1) is 0 Å². The second-order valence-corrected chi connectivity index (χ2v) is 9.15. The zero-order valence-corrected chi connectivity index (χ0v) is 19.6. The van der Waals surface area contributed by atoms with E-state index in [1.54, 1.807) is 17.8 Å². The van der Waals surface area contributed by atoms with E-state index in [4.69, 9.17) is 5.73 Å². The Hall–Kier alpha value is -2.84. The number of rotatable bonds is 9. The molecular formula is C24H30N4O3S. The van der Waals surface area contributed by atoms with Gasteiger partial charge in [0.1, 0.15) is 5.25 Å². The van der Waals surface area contributed by atoms with Crippen LogP contribution in [-0.2, 0) is 14.4 Å². The minimum Gasteiger partial charge on any atom is -0.380 e. The van der Waals surface area contributed by atoms with Crippen LogP contribution in [0.15, 0.2) is 58.6 Å². The molecule has 0 bridgehead atoms. The van der Waals surface area contributed by atoms with Gasteiger partial charge in [0.25, 0.3) is 0 Å². The van der Waals surface area contributed by atoms with E-state index in [1.165, 1.54) is 6.92 Å². The van der Waals surface area contributed by atoms with Crippen LogP contribution in [0.1, 0.15) is 42.6 Å². The van der Waals surface area contributed by atoms with Gasteiger partial charge in [-0.15, -0.1) is 11.8 Å². The van der Waals surface area contributed by atoms with Gasteiger partial charge in [0.2, 0.25) is 5.91 Å². The number of nitrogens with two attached hydrogens (primary N) is 1. The molecular weight excluding hydrogens is 424 g/mol. The van der Waals surface area contributed by atoms with Crippen molar-refractivity contribution in [2.75, 3.05) is 32.1 Å². The van der Waals surface area contributed by atoms with E-state index in [2.05, 4.69) is 35.1 Å². The average molecular weight is 455 g/mol. The number of oxime groups is 1. The number of carbonyl (C=O) groups is 2. The maximum atomic E-state index is 13.5. The fourth-order valence-corrected chi connectivity index (χ4v) is 4.78. The lowest BCUT2D eigenvalue weighted by atomic mass is 10.1. The molecule has 1 aliphatic heterocycles. The molecule has 0 radical (unpaired) electrons. The highest BCUT2D eigenvalue weighted by atomic mass is 32.2. The molecule has 7 nitrogen and oxygen atoms in total. The molecule has 1 unspecified atom stereocenters. The molecule has 0 saturated carbocycles. The van der Waals surface area contributed by atoms with Gasteiger partial charge in [-0.1, -0.05) is 41.9 Å². The largest absolute Gasteiger partial charge is 0.380 e. The van der Waals surface area contributed by atoms with Crippen molar-refractivity contribution in [2.24, 2.45) is 10.9 Å². The summed E-state index contributed by atoms with van der Waals surface area (Å²) in [6, 6.07) is 15.4. The Morgan fingerprint density at radius 1 is 1.16 bits per heavy atom. The summed E-state index contributed by atoms with van der Waals surface area (Å²) < 4.78 is 0. The zero-order chi connectivity index (χ0) is 23.1. The van der Waals surface area contributed by atoms with Gasteiger partial charge in [-0.25, -0.2) is 4.79 Å². The van der Waals surface area contributed by atoms with E-state index in [1.807, 2.05) is 41.3 Å². The first-order valence-electron chi connectivity index (χ1n) is 10.7. The summed E-state index contributed by atoms with van der Waals surface area (Å²) in [5, 5.41) is 3.28. The van der Waals surface area contributed by atoms with Crippen molar-refractivity contribution >= 4 is 35.2 Å². The quantitative estimate of drug-likeness (QED) is 0.204. The Kier molecular flexibility index (Phi) is 8.30. The third-order valence-corrected chi connectivity index (χ3v) is 6.44. The van der Waals surface area contributed by atoms with Gasteiger partial charge in [-0.3, -0.25) is 4.79 Å². The SMILES string of the molecule is CC(=O)O/N=C(\N)c1cccc(C2Sc3ccccc3N(CCCCCN(C)C)C2=O)c1. The summed E-state index contributed by atoms with van der Waals surface area (Å²) in [4.78, 5) is 34.4. The van der Waals surface area contributed by atoms with Crippen molar-refractivity contribution < 1.29 is 14.4 Å². The number of thioether (sulfide) groups is 1. The molecule has 170 valence electrons. The molecule has 1 atom stereocenters. The lowest BCUT2D eigenvalue weighted by Crippen LogP contribution is -2.38. The standard InChI is InChI=1S/C24H30N4O3S/c1-17(29)31-26-23(25)19-11-9-10-18(16-19)22-24(30)28(15-8-4-7-14-27(2)3)20-12-5-6-13-21(20)32-22/h5-6,9-13,16,22H,4,7-8,14-15H2,1-3H3,(H2,25,26). The highest BCUT2D eigenvalue weighted by Crippen LogP contribution is 2.46. The number of benzene rings is 2. The highest BCUT2D eigenvalue weighted by Gasteiger charge is 2.34. The second-order valence-electron chi connectivity index (χ2n) is 8.00. The number of carbonyl (C=O) groups excluding carboxylic acids is 2. The molecule has 8 heteroatoms. The summed E-state index contributed by atoms with van der Waals surface area (Å²) >= 11 is 1.54. The third-order valence-electron chi connectivity index (χ3n) is 5.14. The molecule has 32 heavy (non-hydrogen) atoms. The molecule has 1 amide bonds. The molecule has 1 heterocycles. The van der Waals surface area contributed by atoms with Crippen LogP contribution >= 0.6 is 11.8 Å². The van der Waals surface area contributed by atoms with Crippen molar-refractivity contribution in [3.8, 4) is 0 Å². The number of amides is 1. The third kappa shape index (κ3) is 6.11. The predicted octanol–water partition coefficient (Wildman–Crippen LogP) is 3.78. The Balaban J connectivity index is 1.81. The zero-order valence-electron chi connectivity index (χ0n) is 18.8. The molecule has 3 rings (SSSR count). The van der Waals surface area contributed by atoms with Gasteiger partial charge in [0.05, 0.1) is 5.69 Å². The van der Waals surface area contributed by atoms with Crippen molar-refractivity contribution in [3.05, 3.63) is 59.7 Å². The number of para-hydroxylation sites is 1. The van der Waals surface area contributed by atoms with Crippen LogP contribution < -0.4 is 10.6 Å². The van der Waals surface area contributed by atoms with Gasteiger partial charge in [-0.2, -0.15) is 0 Å². The predicted molar refractivity (Wildman–Crippen MR) is 129 cm³/mol. The maximum Gasteiger partial charge on any atom is 0.332 e. The molecule has 0 aliphatic carbocycles. The Labute approximate surface area is 193 Å². The fraction of sp³-hybridized carbons (Fsp3) is 0.375. The van der Waals surface area contributed by atoms with Crippen molar-refractivity contribution in [2.45, 2.75) is 36.3 Å². The first kappa shape index (κ1) is 23.8. The van der Waals surface area contributed by atoms with Gasteiger partial charge in [0.15, 0.2) is 5.84 Å². The molecule has 0 aromatic heterocycles. The average Bonchev–Trinajstić information content (AvgIpc) is 2.78. The van der Waals surface area contributed by atoms with E-state index in [9.17, 15) is 9.59 Å². The van der Waals surface area contributed by atoms with E-state index < -0.39 is 5.97 Å². The van der Waals surface area contributed by atoms with Crippen LogP contribution in [0.2, 0.25) is 0 Å². The highest BCUT2D eigenvalue weighted by molar-refractivity contribution is 8.00. The summed E-state index contributed by atoms with van der Waals surface area (Å²) in [7, 11) is 4.15. The summed E-state index contributed by atoms with van der Waals surface area (Å²) in [6.07, 6.45) is 3.13. The first-order valence-corrected chi connectivity index (χ1v) is 11.6. The van der Waals surface area contributed by atoms with E-state index in [0.717, 1.165) is 42.0 Å². The second kappa shape index (κ2) is 11.2. The summed E-state index contributed by atoms with van der Waals surface area (Å²) in [6.45, 7) is 3.00. The van der Waals surface area contributed by atoms with Gasteiger partial charge in [-0.05, 0) is 57.2 Å². The smallest absolute Gasteiger partial charge is 0.332 e. The van der Waals surface area contributed by atoms with Gasteiger partial charge in [0, 0.05) is 23.9 Å². The lowest BCUT2D eigenvalue weighted by molar-refractivity contribution is -0.140. The van der Waals surface area contributed by atoms with Crippen LogP contribution in [0.5, 0.6) is 0 Å². The van der Waals surface area contributed by atoms with Crippen molar-refractivity contribution in [1.82, 2.24) is 4.90 Å². The Morgan fingerprint density at radius 2 is 1.94 bits per heavy atom. The number of fused-ring (bicyclic) bond motifs is 1. The molecule has 2 N–H and O–H groups in total. The van der Waals surface area contributed by atoms with Crippen LogP contribution in [-0.4, -0.2) is 49.8 Å². The molecule has 1 aliphatic rings.